The number of oxazole rings is 1. The summed E-state index contributed by atoms with van der Waals surface area (Å²) in [6.45, 7) is 2.02. The summed E-state index contributed by atoms with van der Waals surface area (Å²) >= 11 is 0. The van der Waals surface area contributed by atoms with Gasteiger partial charge in [0.25, 0.3) is 0 Å². The molecule has 0 unspecified atom stereocenters. The van der Waals surface area contributed by atoms with Crippen molar-refractivity contribution in [1.82, 2.24) is 9.97 Å². The van der Waals surface area contributed by atoms with Crippen molar-refractivity contribution in [3.05, 3.63) is 41.7 Å². The molecule has 0 atom stereocenters. The summed E-state index contributed by atoms with van der Waals surface area (Å²) in [6, 6.07) is 2.13. The van der Waals surface area contributed by atoms with E-state index in [1.807, 2.05) is 6.92 Å². The monoisotopic (exact) mass is 329 g/mol. The van der Waals surface area contributed by atoms with Crippen LogP contribution in [-0.4, -0.2) is 29.1 Å². The van der Waals surface area contributed by atoms with Crippen molar-refractivity contribution < 1.29 is 27.1 Å². The van der Waals surface area contributed by atoms with E-state index in [0.29, 0.717) is 12.2 Å². The number of alkyl halides is 3. The van der Waals surface area contributed by atoms with Gasteiger partial charge in [-0.3, -0.25) is 0 Å². The normalized spacial score (nSPS) is 11.3. The Hall–Kier alpha value is -2.58. The summed E-state index contributed by atoms with van der Waals surface area (Å²) in [6.07, 6.45) is -2.01. The Labute approximate surface area is 129 Å². The highest BCUT2D eigenvalue weighted by molar-refractivity contribution is 5.88. The van der Waals surface area contributed by atoms with Crippen LogP contribution in [0.1, 0.15) is 28.7 Å². The minimum Gasteiger partial charge on any atom is -0.459 e. The highest BCUT2D eigenvalue weighted by Gasteiger charge is 2.30. The molecule has 0 aromatic carbocycles. The molecule has 1 N–H and O–H groups in total. The minimum atomic E-state index is -4.42. The number of aromatic nitrogens is 2. The second kappa shape index (κ2) is 7.12. The van der Waals surface area contributed by atoms with E-state index in [2.05, 4.69) is 15.3 Å². The van der Waals surface area contributed by atoms with E-state index in [-0.39, 0.29) is 24.7 Å². The van der Waals surface area contributed by atoms with Crippen LogP contribution in [0.15, 0.2) is 29.1 Å². The maximum atomic E-state index is 12.4. The average molecular weight is 329 g/mol. The average Bonchev–Trinajstić information content (AvgIpc) is 2.99. The Kier molecular flexibility index (Phi) is 5.20. The summed E-state index contributed by atoms with van der Waals surface area (Å²) in [5.41, 5.74) is -0.701. The smallest absolute Gasteiger partial charge is 0.417 e. The molecule has 0 aliphatic heterocycles. The number of ether oxygens (including phenoxy) is 1. The van der Waals surface area contributed by atoms with Crippen molar-refractivity contribution >= 4 is 11.8 Å². The van der Waals surface area contributed by atoms with Crippen molar-refractivity contribution in [2.75, 3.05) is 18.5 Å². The number of anilines is 1. The third-order valence-electron chi connectivity index (χ3n) is 2.89. The summed E-state index contributed by atoms with van der Waals surface area (Å²) in [7, 11) is 0. The summed E-state index contributed by atoms with van der Waals surface area (Å²) in [5, 5.41) is 2.75. The summed E-state index contributed by atoms with van der Waals surface area (Å²) < 4.78 is 47.2. The molecule has 0 saturated heterocycles. The molecule has 9 heteroatoms. The lowest BCUT2D eigenvalue weighted by Crippen LogP contribution is -2.16. The number of hydrogen-bond acceptors (Lipinski definition) is 6. The van der Waals surface area contributed by atoms with Gasteiger partial charge in [-0.25, -0.2) is 14.8 Å². The second-order valence-corrected chi connectivity index (χ2v) is 4.47. The van der Waals surface area contributed by atoms with Crippen LogP contribution < -0.4 is 5.32 Å². The Bertz CT molecular complexity index is 653. The highest BCUT2D eigenvalue weighted by atomic mass is 19.4. The number of carbonyl (C=O) groups excluding carboxylic acids is 1. The van der Waals surface area contributed by atoms with Gasteiger partial charge in [0.1, 0.15) is 18.2 Å². The number of hydrogen-bond donors (Lipinski definition) is 1. The maximum absolute atomic E-state index is 12.4. The lowest BCUT2D eigenvalue weighted by atomic mass is 10.3. The quantitative estimate of drug-likeness (QED) is 0.648. The Morgan fingerprint density at radius 2 is 2.13 bits per heavy atom. The topological polar surface area (TPSA) is 77.2 Å². The van der Waals surface area contributed by atoms with Crippen molar-refractivity contribution in [3.8, 4) is 0 Å². The molecule has 23 heavy (non-hydrogen) atoms. The number of carbonyl (C=O) groups is 1. The van der Waals surface area contributed by atoms with Crippen molar-refractivity contribution in [3.63, 3.8) is 0 Å². The van der Waals surface area contributed by atoms with Crippen molar-refractivity contribution in [1.29, 1.82) is 0 Å². The van der Waals surface area contributed by atoms with Crippen LogP contribution in [0.5, 0.6) is 0 Å². The molecular weight excluding hydrogens is 315 g/mol. The lowest BCUT2D eigenvalue weighted by Gasteiger charge is -2.09. The highest BCUT2D eigenvalue weighted by Crippen LogP contribution is 2.28. The van der Waals surface area contributed by atoms with Crippen LogP contribution in [0.25, 0.3) is 0 Å². The predicted molar refractivity (Wildman–Crippen MR) is 73.9 cm³/mol. The Morgan fingerprint density at radius 3 is 2.74 bits per heavy atom. The molecule has 6 nitrogen and oxygen atoms in total. The van der Waals surface area contributed by atoms with Gasteiger partial charge in [0.15, 0.2) is 12.1 Å². The molecule has 2 heterocycles. The van der Waals surface area contributed by atoms with Gasteiger partial charge in [-0.2, -0.15) is 13.2 Å². The van der Waals surface area contributed by atoms with Crippen LogP contribution in [0, 0.1) is 0 Å². The molecule has 2 aromatic rings. The van der Waals surface area contributed by atoms with Gasteiger partial charge in [-0.05, 0) is 12.1 Å². The first kappa shape index (κ1) is 16.8. The van der Waals surface area contributed by atoms with Crippen molar-refractivity contribution in [2.24, 2.45) is 0 Å². The van der Waals surface area contributed by atoms with E-state index in [1.165, 1.54) is 12.5 Å². The number of halogens is 3. The van der Waals surface area contributed by atoms with Crippen molar-refractivity contribution in [2.45, 2.75) is 19.5 Å². The number of nitrogens with zero attached hydrogens (tertiary/aromatic N) is 2. The van der Waals surface area contributed by atoms with Crippen LogP contribution >= 0.6 is 0 Å². The van der Waals surface area contributed by atoms with Gasteiger partial charge in [-0.15, -0.1) is 0 Å². The van der Waals surface area contributed by atoms with E-state index >= 15 is 0 Å². The van der Waals surface area contributed by atoms with Crippen LogP contribution in [0.2, 0.25) is 0 Å². The fourth-order valence-corrected chi connectivity index (χ4v) is 1.75. The Morgan fingerprint density at radius 1 is 1.35 bits per heavy atom. The van der Waals surface area contributed by atoms with Crippen LogP contribution in [0.3, 0.4) is 0 Å². The van der Waals surface area contributed by atoms with Gasteiger partial charge in [0.2, 0.25) is 0 Å². The van der Waals surface area contributed by atoms with E-state index in [9.17, 15) is 18.0 Å². The zero-order chi connectivity index (χ0) is 16.9. The molecule has 0 bridgehead atoms. The predicted octanol–water partition coefficient (Wildman–Crippen LogP) is 2.92. The molecule has 0 aliphatic carbocycles. The zero-order valence-electron chi connectivity index (χ0n) is 12.2. The first-order chi connectivity index (χ1) is 10.9. The van der Waals surface area contributed by atoms with Gasteiger partial charge in [0, 0.05) is 12.6 Å². The third-order valence-corrected chi connectivity index (χ3v) is 2.89. The number of rotatable bonds is 6. The molecule has 2 aromatic heterocycles. The van der Waals surface area contributed by atoms with Gasteiger partial charge < -0.3 is 14.5 Å². The SMILES string of the molecule is CCc1ocnc1C(=O)OCCNc1ccc(C(F)(F)F)cn1. The molecular formula is C14H14F3N3O3. The molecule has 0 amide bonds. The van der Waals surface area contributed by atoms with Gasteiger partial charge in [-0.1, -0.05) is 6.92 Å². The van der Waals surface area contributed by atoms with E-state index in [1.54, 1.807) is 0 Å². The fourth-order valence-electron chi connectivity index (χ4n) is 1.75. The first-order valence-electron chi connectivity index (χ1n) is 6.78. The molecule has 0 aliphatic rings. The van der Waals surface area contributed by atoms with E-state index in [0.717, 1.165) is 12.3 Å². The number of aryl methyl sites for hydroxylation is 1. The molecule has 0 radical (unpaired) electrons. The first-order valence-corrected chi connectivity index (χ1v) is 6.78. The van der Waals surface area contributed by atoms with E-state index in [4.69, 9.17) is 9.15 Å². The minimum absolute atomic E-state index is 0.0115. The molecule has 0 fully saturated rings. The molecule has 124 valence electrons. The number of nitrogens with one attached hydrogen (secondary N) is 1. The summed E-state index contributed by atoms with van der Waals surface area (Å²) in [5.74, 6) is 0.0786. The molecule has 0 saturated carbocycles. The van der Waals surface area contributed by atoms with Gasteiger partial charge in [0.05, 0.1) is 12.1 Å². The largest absolute Gasteiger partial charge is 0.459 e. The fraction of sp³-hybridized carbons (Fsp3) is 0.357. The van der Waals surface area contributed by atoms with Crippen LogP contribution in [-0.2, 0) is 17.3 Å². The molecule has 2 rings (SSSR count). The number of esters is 1. The van der Waals surface area contributed by atoms with Gasteiger partial charge >= 0.3 is 12.1 Å². The third kappa shape index (κ3) is 4.44. The molecule has 0 spiro atoms. The standard InChI is InChI=1S/C14H14F3N3O3/c1-2-10-12(20-8-23-10)13(21)22-6-5-18-11-4-3-9(7-19-11)14(15,16)17/h3-4,7-8H,2,5-6H2,1H3,(H,18,19). The second-order valence-electron chi connectivity index (χ2n) is 4.47. The lowest BCUT2D eigenvalue weighted by molar-refractivity contribution is -0.137. The zero-order valence-corrected chi connectivity index (χ0v) is 12.2. The summed E-state index contributed by atoms with van der Waals surface area (Å²) in [4.78, 5) is 19.2. The Balaban J connectivity index is 1.78. The van der Waals surface area contributed by atoms with Crippen LogP contribution in [0.4, 0.5) is 19.0 Å². The van der Waals surface area contributed by atoms with E-state index < -0.39 is 17.7 Å². The number of pyridine rings is 1. The maximum Gasteiger partial charge on any atom is 0.417 e.